The van der Waals surface area contributed by atoms with Gasteiger partial charge in [-0.1, -0.05) is 0 Å². The molecule has 0 radical (unpaired) electrons. The van der Waals surface area contributed by atoms with Crippen LogP contribution in [0.5, 0.6) is 6.01 Å². The van der Waals surface area contributed by atoms with Gasteiger partial charge in [-0.25, -0.2) is 4.98 Å². The molecule has 0 spiro atoms. The van der Waals surface area contributed by atoms with Gasteiger partial charge in [-0.15, -0.1) is 0 Å². The van der Waals surface area contributed by atoms with Gasteiger partial charge in [0.2, 0.25) is 0 Å². The van der Waals surface area contributed by atoms with Crippen LogP contribution in [0.4, 0.5) is 0 Å². The Bertz CT molecular complexity index is 370. The van der Waals surface area contributed by atoms with Crippen LogP contribution in [0, 0.1) is 18.3 Å². The molecule has 0 N–H and O–H groups in total. The fourth-order valence-electron chi connectivity index (χ4n) is 0.983. The molecule has 80 valence electrons. The van der Waals surface area contributed by atoms with Crippen molar-refractivity contribution in [1.82, 2.24) is 14.9 Å². The Kier molecular flexibility index (Phi) is 4.01. The third-order valence-corrected chi connectivity index (χ3v) is 1.72. The molecule has 0 fully saturated rings. The van der Waals surface area contributed by atoms with Crippen LogP contribution in [0.2, 0.25) is 0 Å². The van der Waals surface area contributed by atoms with E-state index in [0.717, 1.165) is 12.2 Å². The molecule has 0 amide bonds. The summed E-state index contributed by atoms with van der Waals surface area (Å²) in [6, 6.07) is 3.86. The third kappa shape index (κ3) is 3.92. The SMILES string of the molecule is Cc1cc(C#N)nc(OCCN(C)C)n1. The van der Waals surface area contributed by atoms with Crippen molar-refractivity contribution >= 4 is 0 Å². The largest absolute Gasteiger partial charge is 0.462 e. The van der Waals surface area contributed by atoms with Gasteiger partial charge in [-0.3, -0.25) is 0 Å². The zero-order chi connectivity index (χ0) is 11.3. The number of aromatic nitrogens is 2. The molecule has 0 bridgehead atoms. The molecular weight excluding hydrogens is 192 g/mol. The molecule has 0 atom stereocenters. The second-order valence-electron chi connectivity index (χ2n) is 3.44. The second kappa shape index (κ2) is 5.27. The molecule has 0 aromatic carbocycles. The van der Waals surface area contributed by atoms with Crippen LogP contribution in [-0.2, 0) is 0 Å². The second-order valence-corrected chi connectivity index (χ2v) is 3.44. The smallest absolute Gasteiger partial charge is 0.317 e. The number of hydrogen-bond donors (Lipinski definition) is 0. The van der Waals surface area contributed by atoms with E-state index in [-0.39, 0.29) is 6.01 Å². The van der Waals surface area contributed by atoms with E-state index in [4.69, 9.17) is 10.00 Å². The first-order valence-corrected chi connectivity index (χ1v) is 4.65. The Morgan fingerprint density at radius 2 is 2.20 bits per heavy atom. The minimum absolute atomic E-state index is 0.272. The van der Waals surface area contributed by atoms with E-state index >= 15 is 0 Å². The van der Waals surface area contributed by atoms with Crippen molar-refractivity contribution < 1.29 is 4.74 Å². The standard InChI is InChI=1S/C10H14N4O/c1-8-6-9(7-11)13-10(12-8)15-5-4-14(2)3/h6H,4-5H2,1-3H3. The molecular formula is C10H14N4O. The van der Waals surface area contributed by atoms with Gasteiger partial charge in [0, 0.05) is 12.2 Å². The van der Waals surface area contributed by atoms with Gasteiger partial charge in [0.15, 0.2) is 0 Å². The fraction of sp³-hybridized carbons (Fsp3) is 0.500. The Hall–Kier alpha value is -1.67. The fourth-order valence-corrected chi connectivity index (χ4v) is 0.983. The molecule has 0 saturated carbocycles. The number of nitriles is 1. The van der Waals surface area contributed by atoms with Gasteiger partial charge < -0.3 is 9.64 Å². The molecule has 0 aliphatic heterocycles. The maximum Gasteiger partial charge on any atom is 0.317 e. The summed E-state index contributed by atoms with van der Waals surface area (Å²) in [6.45, 7) is 3.11. The Morgan fingerprint density at radius 1 is 1.47 bits per heavy atom. The number of likely N-dealkylation sites (N-methyl/N-ethyl adjacent to an activating group) is 1. The molecule has 1 heterocycles. The number of aryl methyl sites for hydroxylation is 1. The Morgan fingerprint density at radius 3 is 2.80 bits per heavy atom. The van der Waals surface area contributed by atoms with Crippen LogP contribution in [0.3, 0.4) is 0 Å². The van der Waals surface area contributed by atoms with E-state index in [1.54, 1.807) is 13.0 Å². The van der Waals surface area contributed by atoms with E-state index in [0.29, 0.717) is 12.3 Å². The highest BCUT2D eigenvalue weighted by atomic mass is 16.5. The number of rotatable bonds is 4. The van der Waals surface area contributed by atoms with Crippen LogP contribution in [0.25, 0.3) is 0 Å². The van der Waals surface area contributed by atoms with Crippen LogP contribution < -0.4 is 4.74 Å². The summed E-state index contributed by atoms with van der Waals surface area (Å²) in [7, 11) is 3.92. The molecule has 1 aromatic heterocycles. The number of nitrogens with zero attached hydrogens (tertiary/aromatic N) is 4. The summed E-state index contributed by atoms with van der Waals surface area (Å²) in [5.41, 5.74) is 1.07. The molecule has 0 aliphatic rings. The van der Waals surface area contributed by atoms with Gasteiger partial charge >= 0.3 is 6.01 Å². The summed E-state index contributed by atoms with van der Waals surface area (Å²) in [5, 5.41) is 8.70. The summed E-state index contributed by atoms with van der Waals surface area (Å²) in [6.07, 6.45) is 0. The van der Waals surface area contributed by atoms with Crippen molar-refractivity contribution in [2.75, 3.05) is 27.2 Å². The number of hydrogen-bond acceptors (Lipinski definition) is 5. The lowest BCUT2D eigenvalue weighted by atomic mass is 10.3. The summed E-state index contributed by atoms with van der Waals surface area (Å²) in [5.74, 6) is 0. The third-order valence-electron chi connectivity index (χ3n) is 1.72. The quantitative estimate of drug-likeness (QED) is 0.721. The van der Waals surface area contributed by atoms with Crippen molar-refractivity contribution in [1.29, 1.82) is 5.26 Å². The van der Waals surface area contributed by atoms with E-state index < -0.39 is 0 Å². The van der Waals surface area contributed by atoms with E-state index in [9.17, 15) is 0 Å². The zero-order valence-electron chi connectivity index (χ0n) is 9.19. The average molecular weight is 206 g/mol. The predicted octanol–water partition coefficient (Wildman–Crippen LogP) is 0.597. The lowest BCUT2D eigenvalue weighted by Gasteiger charge is -2.09. The Balaban J connectivity index is 2.61. The molecule has 1 aromatic rings. The van der Waals surface area contributed by atoms with E-state index in [2.05, 4.69) is 9.97 Å². The first-order valence-electron chi connectivity index (χ1n) is 4.65. The highest BCUT2D eigenvalue weighted by molar-refractivity contribution is 5.23. The maximum atomic E-state index is 8.70. The van der Waals surface area contributed by atoms with Gasteiger partial charge in [-0.2, -0.15) is 10.2 Å². The molecule has 5 nitrogen and oxygen atoms in total. The molecule has 0 aliphatic carbocycles. The lowest BCUT2D eigenvalue weighted by molar-refractivity contribution is 0.245. The number of ether oxygens (including phenoxy) is 1. The minimum atomic E-state index is 0.272. The van der Waals surface area contributed by atoms with Crippen molar-refractivity contribution in [3.63, 3.8) is 0 Å². The average Bonchev–Trinajstić information content (AvgIpc) is 2.16. The van der Waals surface area contributed by atoms with Gasteiger partial charge in [0.1, 0.15) is 18.4 Å². The monoisotopic (exact) mass is 206 g/mol. The van der Waals surface area contributed by atoms with Crippen LogP contribution >= 0.6 is 0 Å². The topological polar surface area (TPSA) is 62.0 Å². The Labute approximate surface area is 89.3 Å². The van der Waals surface area contributed by atoms with E-state index in [1.807, 2.05) is 25.1 Å². The van der Waals surface area contributed by atoms with Crippen LogP contribution in [-0.4, -0.2) is 42.1 Å². The molecule has 0 unspecified atom stereocenters. The highest BCUT2D eigenvalue weighted by Gasteiger charge is 2.02. The van der Waals surface area contributed by atoms with Gasteiger partial charge in [0.25, 0.3) is 0 Å². The summed E-state index contributed by atoms with van der Waals surface area (Å²) >= 11 is 0. The highest BCUT2D eigenvalue weighted by Crippen LogP contribution is 2.05. The summed E-state index contributed by atoms with van der Waals surface area (Å²) in [4.78, 5) is 10.0. The van der Waals surface area contributed by atoms with Gasteiger partial charge in [0.05, 0.1) is 0 Å². The lowest BCUT2D eigenvalue weighted by Crippen LogP contribution is -2.20. The van der Waals surface area contributed by atoms with E-state index in [1.165, 1.54) is 0 Å². The minimum Gasteiger partial charge on any atom is -0.462 e. The van der Waals surface area contributed by atoms with Crippen molar-refractivity contribution in [3.8, 4) is 12.1 Å². The summed E-state index contributed by atoms with van der Waals surface area (Å²) < 4.78 is 5.33. The zero-order valence-corrected chi connectivity index (χ0v) is 9.19. The first kappa shape index (κ1) is 11.4. The van der Waals surface area contributed by atoms with Crippen molar-refractivity contribution in [2.24, 2.45) is 0 Å². The predicted molar refractivity (Wildman–Crippen MR) is 55.5 cm³/mol. The van der Waals surface area contributed by atoms with Crippen molar-refractivity contribution in [3.05, 3.63) is 17.5 Å². The van der Waals surface area contributed by atoms with Gasteiger partial charge in [-0.05, 0) is 27.1 Å². The molecule has 1 rings (SSSR count). The molecule has 15 heavy (non-hydrogen) atoms. The van der Waals surface area contributed by atoms with Crippen LogP contribution in [0.15, 0.2) is 6.07 Å². The molecule has 5 heteroatoms. The van der Waals surface area contributed by atoms with Crippen LogP contribution in [0.1, 0.15) is 11.4 Å². The normalized spacial score (nSPS) is 10.1. The van der Waals surface area contributed by atoms with Crippen molar-refractivity contribution in [2.45, 2.75) is 6.92 Å². The molecule has 0 saturated heterocycles. The maximum absolute atomic E-state index is 8.70. The first-order chi connectivity index (χ1) is 7.11.